The Morgan fingerprint density at radius 3 is 2.75 bits per heavy atom. The van der Waals surface area contributed by atoms with Crippen LogP contribution in [0.5, 0.6) is 0 Å². The van der Waals surface area contributed by atoms with Crippen molar-refractivity contribution < 1.29 is 0 Å². The van der Waals surface area contributed by atoms with Crippen LogP contribution in [0.3, 0.4) is 0 Å². The molecular formula is C5H8INS. The van der Waals surface area contributed by atoms with Crippen LogP contribution in [-0.2, 0) is 0 Å². The quantitative estimate of drug-likeness (QED) is 0.389. The normalized spacial score (nSPS) is 52.9. The van der Waals surface area contributed by atoms with Gasteiger partial charge in [-0.05, 0) is 6.42 Å². The van der Waals surface area contributed by atoms with Crippen molar-refractivity contribution in [1.82, 2.24) is 5.32 Å². The molecule has 8 heavy (non-hydrogen) atoms. The average Bonchev–Trinajstić information content (AvgIpc) is 1.63. The van der Waals surface area contributed by atoms with Crippen LogP contribution in [0.25, 0.3) is 0 Å². The topological polar surface area (TPSA) is 12.0 Å². The van der Waals surface area contributed by atoms with E-state index in [4.69, 9.17) is 0 Å². The van der Waals surface area contributed by atoms with Gasteiger partial charge in [0.15, 0.2) is 0 Å². The Morgan fingerprint density at radius 1 is 1.75 bits per heavy atom. The van der Waals surface area contributed by atoms with Crippen molar-refractivity contribution in [2.75, 3.05) is 11.5 Å². The molecule has 3 heterocycles. The van der Waals surface area contributed by atoms with E-state index < -0.39 is 0 Å². The van der Waals surface area contributed by atoms with Gasteiger partial charge in [-0.1, -0.05) is 22.6 Å². The summed E-state index contributed by atoms with van der Waals surface area (Å²) in [7, 11) is 0. The second-order valence-electron chi connectivity index (χ2n) is 2.53. The molecule has 1 nitrogen and oxygen atoms in total. The summed E-state index contributed by atoms with van der Waals surface area (Å²) in [5, 5.41) is 3.52. The SMILES string of the molecule is IC12CSCC(C1)N2. The van der Waals surface area contributed by atoms with E-state index in [0.717, 1.165) is 6.04 Å². The first kappa shape index (κ1) is 5.80. The third-order valence-corrected chi connectivity index (χ3v) is 4.67. The number of hydrogen-bond donors (Lipinski definition) is 1. The van der Waals surface area contributed by atoms with Gasteiger partial charge in [0.2, 0.25) is 0 Å². The van der Waals surface area contributed by atoms with Gasteiger partial charge in [0, 0.05) is 17.5 Å². The third kappa shape index (κ3) is 0.789. The molecule has 3 aliphatic rings. The molecule has 2 bridgehead atoms. The number of thioether (sulfide) groups is 1. The van der Waals surface area contributed by atoms with Crippen molar-refractivity contribution in [2.24, 2.45) is 0 Å². The molecule has 0 spiro atoms. The van der Waals surface area contributed by atoms with Crippen molar-refractivity contribution in [3.63, 3.8) is 0 Å². The Kier molecular flexibility index (Phi) is 1.28. The highest BCUT2D eigenvalue weighted by atomic mass is 127. The molecule has 3 fully saturated rings. The zero-order valence-corrected chi connectivity index (χ0v) is 7.46. The zero-order valence-electron chi connectivity index (χ0n) is 4.48. The summed E-state index contributed by atoms with van der Waals surface area (Å²) in [4.78, 5) is 0. The molecule has 0 aromatic carbocycles. The first-order valence-corrected chi connectivity index (χ1v) is 5.06. The Bertz CT molecular complexity index is 105. The first-order chi connectivity index (χ1) is 3.79. The van der Waals surface area contributed by atoms with Gasteiger partial charge in [0.25, 0.3) is 0 Å². The molecule has 3 aliphatic heterocycles. The van der Waals surface area contributed by atoms with E-state index in [1.807, 2.05) is 0 Å². The van der Waals surface area contributed by atoms with E-state index in [9.17, 15) is 0 Å². The lowest BCUT2D eigenvalue weighted by atomic mass is 10.00. The van der Waals surface area contributed by atoms with Gasteiger partial charge in [0.05, 0.1) is 3.55 Å². The van der Waals surface area contributed by atoms with E-state index in [2.05, 4.69) is 39.7 Å². The molecule has 46 valence electrons. The maximum Gasteiger partial charge on any atom is 0.0814 e. The third-order valence-electron chi connectivity index (χ3n) is 1.68. The van der Waals surface area contributed by atoms with Crippen molar-refractivity contribution >= 4 is 34.4 Å². The summed E-state index contributed by atoms with van der Waals surface area (Å²) in [6.07, 6.45) is 1.40. The van der Waals surface area contributed by atoms with Crippen molar-refractivity contribution in [2.45, 2.75) is 16.0 Å². The molecule has 0 aromatic heterocycles. The lowest BCUT2D eigenvalue weighted by Crippen LogP contribution is -2.65. The van der Waals surface area contributed by atoms with E-state index in [1.54, 1.807) is 0 Å². The summed E-state index contributed by atoms with van der Waals surface area (Å²) in [5.41, 5.74) is 0. The van der Waals surface area contributed by atoms with E-state index >= 15 is 0 Å². The van der Waals surface area contributed by atoms with Gasteiger partial charge in [0.1, 0.15) is 0 Å². The fourth-order valence-corrected chi connectivity index (χ4v) is 4.06. The Morgan fingerprint density at radius 2 is 2.50 bits per heavy atom. The summed E-state index contributed by atoms with van der Waals surface area (Å²) >= 11 is 4.61. The van der Waals surface area contributed by atoms with Gasteiger partial charge in [-0.3, -0.25) is 5.32 Å². The van der Waals surface area contributed by atoms with Crippen LogP contribution in [-0.4, -0.2) is 21.1 Å². The highest BCUT2D eigenvalue weighted by Crippen LogP contribution is 2.40. The first-order valence-electron chi connectivity index (χ1n) is 2.83. The van der Waals surface area contributed by atoms with Crippen LogP contribution in [0.2, 0.25) is 0 Å². The Hall–Kier alpha value is 1.04. The number of halogens is 1. The van der Waals surface area contributed by atoms with Gasteiger partial charge in [-0.25, -0.2) is 0 Å². The second kappa shape index (κ2) is 1.76. The van der Waals surface area contributed by atoms with Gasteiger partial charge in [-0.15, -0.1) is 0 Å². The molecule has 2 atom stereocenters. The lowest BCUT2D eigenvalue weighted by molar-refractivity contribution is 0.283. The molecule has 3 rings (SSSR count). The van der Waals surface area contributed by atoms with Crippen LogP contribution in [0, 0.1) is 0 Å². The maximum atomic E-state index is 3.52. The number of fused-ring (bicyclic) bond motifs is 2. The summed E-state index contributed by atoms with van der Waals surface area (Å²) in [5.74, 6) is 2.65. The Labute approximate surface area is 67.1 Å². The van der Waals surface area contributed by atoms with Crippen molar-refractivity contribution in [3.05, 3.63) is 0 Å². The maximum absolute atomic E-state index is 3.52. The smallest absolute Gasteiger partial charge is 0.0814 e. The summed E-state index contributed by atoms with van der Waals surface area (Å²) in [6, 6.07) is 0.852. The standard InChI is InChI=1S/C5H8INS/c6-5-1-4(7-5)2-8-3-5/h4,7H,1-3H2. The lowest BCUT2D eigenvalue weighted by Gasteiger charge is -2.49. The van der Waals surface area contributed by atoms with Crippen LogP contribution in [0.4, 0.5) is 0 Å². The molecule has 3 saturated heterocycles. The zero-order chi connectivity index (χ0) is 5.61. The van der Waals surface area contributed by atoms with E-state index in [0.29, 0.717) is 3.55 Å². The number of hydrogen-bond acceptors (Lipinski definition) is 2. The number of alkyl halides is 1. The van der Waals surface area contributed by atoms with Crippen LogP contribution in [0.1, 0.15) is 6.42 Å². The van der Waals surface area contributed by atoms with E-state index in [-0.39, 0.29) is 0 Å². The number of rotatable bonds is 0. The minimum absolute atomic E-state index is 0.505. The molecular weight excluding hydrogens is 233 g/mol. The molecule has 0 aliphatic carbocycles. The van der Waals surface area contributed by atoms with Crippen molar-refractivity contribution in [3.8, 4) is 0 Å². The Balaban J connectivity index is 2.06. The average molecular weight is 241 g/mol. The highest BCUT2D eigenvalue weighted by Gasteiger charge is 2.44. The molecule has 3 heteroatoms. The fourth-order valence-electron chi connectivity index (χ4n) is 1.30. The fraction of sp³-hybridized carbons (Fsp3) is 1.00. The van der Waals surface area contributed by atoms with Crippen molar-refractivity contribution in [1.29, 1.82) is 0 Å². The molecule has 0 amide bonds. The van der Waals surface area contributed by atoms with Gasteiger partial charge < -0.3 is 0 Å². The van der Waals surface area contributed by atoms with Gasteiger partial charge >= 0.3 is 0 Å². The van der Waals surface area contributed by atoms with Crippen LogP contribution >= 0.6 is 34.4 Å². The molecule has 0 aromatic rings. The minimum Gasteiger partial charge on any atom is -0.299 e. The van der Waals surface area contributed by atoms with Crippen LogP contribution in [0.15, 0.2) is 0 Å². The summed E-state index contributed by atoms with van der Waals surface area (Å²) in [6.45, 7) is 0. The number of nitrogens with one attached hydrogen (secondary N) is 1. The summed E-state index contributed by atoms with van der Waals surface area (Å²) < 4.78 is 0.505. The molecule has 2 unspecified atom stereocenters. The predicted octanol–water partition coefficient (Wildman–Crippen LogP) is 1.23. The van der Waals surface area contributed by atoms with Crippen LogP contribution < -0.4 is 5.32 Å². The molecule has 0 saturated carbocycles. The highest BCUT2D eigenvalue weighted by molar-refractivity contribution is 14.1. The van der Waals surface area contributed by atoms with Gasteiger partial charge in [-0.2, -0.15) is 11.8 Å². The monoisotopic (exact) mass is 241 g/mol. The van der Waals surface area contributed by atoms with E-state index in [1.165, 1.54) is 17.9 Å². The minimum atomic E-state index is 0.505. The predicted molar refractivity (Wildman–Crippen MR) is 45.6 cm³/mol. The largest absolute Gasteiger partial charge is 0.299 e. The second-order valence-corrected chi connectivity index (χ2v) is 5.62. The molecule has 1 N–H and O–H groups in total. The molecule has 0 radical (unpaired) electrons.